The molecule has 0 radical (unpaired) electrons. The predicted molar refractivity (Wildman–Crippen MR) is 133 cm³/mol. The molecule has 166 valence electrons. The van der Waals surface area contributed by atoms with Gasteiger partial charge in [-0.3, -0.25) is 9.36 Å². The molecule has 0 bridgehead atoms. The maximum absolute atomic E-state index is 12.4. The number of nitrogens with one attached hydrogen (secondary N) is 3. The van der Waals surface area contributed by atoms with E-state index in [1.807, 2.05) is 72.3 Å². The first-order valence-electron chi connectivity index (χ1n) is 10.3. The van der Waals surface area contributed by atoms with Crippen LogP contribution in [0.5, 0.6) is 0 Å². The number of urea groups is 1. The van der Waals surface area contributed by atoms with Crippen LogP contribution in [0.3, 0.4) is 0 Å². The summed E-state index contributed by atoms with van der Waals surface area (Å²) in [6.45, 7) is 2.04. The third-order valence-electron chi connectivity index (χ3n) is 4.77. The van der Waals surface area contributed by atoms with Crippen molar-refractivity contribution in [3.63, 3.8) is 0 Å². The van der Waals surface area contributed by atoms with Crippen LogP contribution in [0, 0.1) is 6.92 Å². The fraction of sp³-hybridized carbons (Fsp3) is 0.0800. The summed E-state index contributed by atoms with van der Waals surface area (Å²) in [7, 11) is 0. The number of amides is 3. The molecule has 0 aliphatic rings. The molecule has 0 aliphatic heterocycles. The number of aromatic nitrogens is 2. The van der Waals surface area contributed by atoms with Crippen LogP contribution < -0.4 is 16.0 Å². The van der Waals surface area contributed by atoms with Gasteiger partial charge in [-0.25, -0.2) is 9.78 Å². The Balaban J connectivity index is 1.29. The van der Waals surface area contributed by atoms with Crippen molar-refractivity contribution < 1.29 is 9.59 Å². The van der Waals surface area contributed by atoms with Gasteiger partial charge in [-0.1, -0.05) is 48.2 Å². The Kier molecular flexibility index (Phi) is 7.06. The zero-order valence-corrected chi connectivity index (χ0v) is 18.8. The number of para-hydroxylation sites is 2. The second kappa shape index (κ2) is 10.5. The van der Waals surface area contributed by atoms with Crippen LogP contribution in [0.1, 0.15) is 5.56 Å². The lowest BCUT2D eigenvalue weighted by Gasteiger charge is -2.11. The summed E-state index contributed by atoms with van der Waals surface area (Å²) in [5.41, 5.74) is 4.15. The minimum atomic E-state index is -0.335. The highest BCUT2D eigenvalue weighted by Gasteiger charge is 2.11. The molecule has 1 aromatic heterocycles. The fourth-order valence-corrected chi connectivity index (χ4v) is 3.96. The van der Waals surface area contributed by atoms with Crippen LogP contribution in [0.15, 0.2) is 96.4 Å². The minimum absolute atomic E-state index is 0.137. The summed E-state index contributed by atoms with van der Waals surface area (Å²) in [5, 5.41) is 9.14. The number of benzene rings is 3. The van der Waals surface area contributed by atoms with E-state index in [1.54, 1.807) is 30.5 Å². The quantitative estimate of drug-likeness (QED) is 0.317. The second-order valence-corrected chi connectivity index (χ2v) is 8.17. The lowest BCUT2D eigenvalue weighted by atomic mass is 10.2. The molecule has 3 aromatic carbocycles. The summed E-state index contributed by atoms with van der Waals surface area (Å²) in [6, 6.07) is 23.9. The average molecular weight is 458 g/mol. The van der Waals surface area contributed by atoms with Gasteiger partial charge < -0.3 is 16.0 Å². The molecule has 0 fully saturated rings. The lowest BCUT2D eigenvalue weighted by molar-refractivity contribution is -0.113. The highest BCUT2D eigenvalue weighted by Crippen LogP contribution is 2.23. The highest BCUT2D eigenvalue weighted by atomic mass is 32.2. The van der Waals surface area contributed by atoms with E-state index in [0.29, 0.717) is 17.1 Å². The molecule has 0 saturated heterocycles. The van der Waals surface area contributed by atoms with Crippen LogP contribution in [-0.4, -0.2) is 27.2 Å². The fourth-order valence-electron chi connectivity index (χ4n) is 3.19. The van der Waals surface area contributed by atoms with E-state index in [0.717, 1.165) is 16.4 Å². The number of imidazole rings is 1. The van der Waals surface area contributed by atoms with E-state index < -0.39 is 0 Å². The van der Waals surface area contributed by atoms with Crippen LogP contribution in [0.25, 0.3) is 5.69 Å². The number of carbonyl (C=O) groups is 2. The Morgan fingerprint density at radius 2 is 1.42 bits per heavy atom. The topological polar surface area (TPSA) is 88.1 Å². The van der Waals surface area contributed by atoms with Gasteiger partial charge >= 0.3 is 6.03 Å². The molecule has 0 spiro atoms. The normalized spacial score (nSPS) is 10.5. The van der Waals surface area contributed by atoms with E-state index in [-0.39, 0.29) is 17.7 Å². The van der Waals surface area contributed by atoms with Crippen LogP contribution >= 0.6 is 11.8 Å². The van der Waals surface area contributed by atoms with Crippen molar-refractivity contribution >= 4 is 40.8 Å². The molecule has 0 atom stereocenters. The predicted octanol–water partition coefficient (Wildman–Crippen LogP) is 5.56. The molecule has 3 amide bonds. The van der Waals surface area contributed by atoms with Gasteiger partial charge in [0.2, 0.25) is 5.91 Å². The monoisotopic (exact) mass is 457 g/mol. The summed E-state index contributed by atoms with van der Waals surface area (Å²) >= 11 is 1.37. The lowest BCUT2D eigenvalue weighted by Crippen LogP contribution is -2.19. The molecule has 7 nitrogen and oxygen atoms in total. The van der Waals surface area contributed by atoms with Crippen molar-refractivity contribution in [3.05, 3.63) is 96.8 Å². The van der Waals surface area contributed by atoms with Crippen molar-refractivity contribution in [2.24, 2.45) is 0 Å². The largest absolute Gasteiger partial charge is 0.325 e. The standard InChI is InChI=1S/C25H23N5O2S/c1-18-7-5-6-10-22(18)30-16-15-26-25(30)33-17-23(31)27-20-11-13-21(14-12-20)29-24(32)28-19-8-3-2-4-9-19/h2-16H,17H2,1H3,(H,27,31)(H2,28,29,32). The van der Waals surface area contributed by atoms with Gasteiger partial charge in [0.25, 0.3) is 0 Å². The maximum atomic E-state index is 12.4. The average Bonchev–Trinajstić information content (AvgIpc) is 3.28. The van der Waals surface area contributed by atoms with E-state index in [1.165, 1.54) is 11.8 Å². The Morgan fingerprint density at radius 3 is 2.12 bits per heavy atom. The first-order chi connectivity index (χ1) is 16.1. The Morgan fingerprint density at radius 1 is 0.818 bits per heavy atom. The third kappa shape index (κ3) is 6.02. The van der Waals surface area contributed by atoms with E-state index in [4.69, 9.17) is 0 Å². The summed E-state index contributed by atoms with van der Waals surface area (Å²) in [6.07, 6.45) is 3.62. The number of rotatable bonds is 7. The van der Waals surface area contributed by atoms with Crippen molar-refractivity contribution in [1.29, 1.82) is 0 Å². The molecular weight excluding hydrogens is 434 g/mol. The van der Waals surface area contributed by atoms with E-state index >= 15 is 0 Å². The van der Waals surface area contributed by atoms with Gasteiger partial charge in [-0.15, -0.1) is 0 Å². The number of carbonyl (C=O) groups excluding carboxylic acids is 2. The van der Waals surface area contributed by atoms with E-state index in [2.05, 4.69) is 20.9 Å². The maximum Gasteiger partial charge on any atom is 0.323 e. The first-order valence-corrected chi connectivity index (χ1v) is 11.3. The van der Waals surface area contributed by atoms with Crippen LogP contribution in [0.2, 0.25) is 0 Å². The summed E-state index contributed by atoms with van der Waals surface area (Å²) in [4.78, 5) is 28.9. The number of anilines is 3. The summed E-state index contributed by atoms with van der Waals surface area (Å²) in [5.74, 6) is 0.0874. The van der Waals surface area contributed by atoms with Crippen LogP contribution in [-0.2, 0) is 4.79 Å². The van der Waals surface area contributed by atoms with Gasteiger partial charge in [-0.2, -0.15) is 0 Å². The molecular formula is C25H23N5O2S. The number of thioether (sulfide) groups is 1. The molecule has 0 saturated carbocycles. The van der Waals surface area contributed by atoms with Gasteiger partial charge in [0.15, 0.2) is 5.16 Å². The zero-order chi connectivity index (χ0) is 23.0. The molecule has 4 aromatic rings. The van der Waals surface area contributed by atoms with Gasteiger partial charge in [0.05, 0.1) is 11.4 Å². The zero-order valence-electron chi connectivity index (χ0n) is 18.0. The molecule has 33 heavy (non-hydrogen) atoms. The molecule has 4 rings (SSSR count). The number of nitrogens with zero attached hydrogens (tertiary/aromatic N) is 2. The number of aryl methyl sites for hydroxylation is 1. The highest BCUT2D eigenvalue weighted by molar-refractivity contribution is 7.99. The molecule has 8 heteroatoms. The number of hydrogen-bond donors (Lipinski definition) is 3. The van der Waals surface area contributed by atoms with Crippen molar-refractivity contribution in [2.45, 2.75) is 12.1 Å². The Hall–Kier alpha value is -4.04. The molecule has 0 unspecified atom stereocenters. The molecule has 3 N–H and O–H groups in total. The third-order valence-corrected chi connectivity index (χ3v) is 5.74. The van der Waals surface area contributed by atoms with Crippen LogP contribution in [0.4, 0.5) is 21.9 Å². The van der Waals surface area contributed by atoms with Gasteiger partial charge in [-0.05, 0) is 55.0 Å². The number of hydrogen-bond acceptors (Lipinski definition) is 4. The van der Waals surface area contributed by atoms with Crippen molar-refractivity contribution in [3.8, 4) is 5.69 Å². The van der Waals surface area contributed by atoms with Crippen molar-refractivity contribution in [1.82, 2.24) is 9.55 Å². The molecule has 1 heterocycles. The molecule has 0 aliphatic carbocycles. The minimum Gasteiger partial charge on any atom is -0.325 e. The first kappa shape index (κ1) is 22.2. The van der Waals surface area contributed by atoms with Gasteiger partial charge in [0, 0.05) is 29.5 Å². The summed E-state index contributed by atoms with van der Waals surface area (Å²) < 4.78 is 1.98. The second-order valence-electron chi connectivity index (χ2n) is 7.23. The van der Waals surface area contributed by atoms with Gasteiger partial charge in [0.1, 0.15) is 0 Å². The Labute approximate surface area is 196 Å². The SMILES string of the molecule is Cc1ccccc1-n1ccnc1SCC(=O)Nc1ccc(NC(=O)Nc2ccccc2)cc1. The smallest absolute Gasteiger partial charge is 0.323 e. The van der Waals surface area contributed by atoms with E-state index in [9.17, 15) is 9.59 Å². The van der Waals surface area contributed by atoms with Crippen molar-refractivity contribution in [2.75, 3.05) is 21.7 Å². The Bertz CT molecular complexity index is 1240.